The third-order valence-electron chi connectivity index (χ3n) is 4.30. The molecule has 0 aromatic heterocycles. The van der Waals surface area contributed by atoms with Crippen molar-refractivity contribution in [2.24, 2.45) is 12.4 Å². The second-order valence-corrected chi connectivity index (χ2v) is 13.7. The van der Waals surface area contributed by atoms with Crippen LogP contribution in [0.1, 0.15) is 79.0 Å². The van der Waals surface area contributed by atoms with Crippen molar-refractivity contribution < 1.29 is 0 Å². The van der Waals surface area contributed by atoms with Gasteiger partial charge in [-0.25, -0.2) is 0 Å². The van der Waals surface area contributed by atoms with Gasteiger partial charge in [0.05, 0.1) is 0 Å². The van der Waals surface area contributed by atoms with Gasteiger partial charge in [-0.15, -0.1) is 0 Å². The Hall–Kier alpha value is -2.33. The molecular formula is C18H29N9Se. The standard InChI is InChI=1S/C18H29N9Se/c1-16(2,3)12-10-13(17(4,5)6)15(14(11-12)18(7,8)9)28(25-22-19,26-23-20)27-24-21/h10-11H,1-9H3. The summed E-state index contributed by atoms with van der Waals surface area (Å²) < 4.78 is 12.1. The molecule has 0 heterocycles. The molecule has 1 aromatic carbocycles. The van der Waals surface area contributed by atoms with Gasteiger partial charge in [-0.05, 0) is 0 Å². The van der Waals surface area contributed by atoms with E-state index in [9.17, 15) is 16.6 Å². The summed E-state index contributed by atoms with van der Waals surface area (Å²) in [5.74, 6) is 0. The SMILES string of the molecule is CC(C)(C)c1cc(C(C)(C)C)c([Se](N=[N+]=[N-])(N=[N+]=[N-])N=[N+]=[N-])c(C(C)(C)C)c1. The second kappa shape index (κ2) is 7.96. The van der Waals surface area contributed by atoms with Gasteiger partial charge in [0, 0.05) is 0 Å². The van der Waals surface area contributed by atoms with Crippen LogP contribution in [0.4, 0.5) is 0 Å². The summed E-state index contributed by atoms with van der Waals surface area (Å²) in [5.41, 5.74) is 29.7. The van der Waals surface area contributed by atoms with Crippen LogP contribution < -0.4 is 4.46 Å². The molecule has 0 fully saturated rings. The number of benzene rings is 1. The van der Waals surface area contributed by atoms with Crippen molar-refractivity contribution in [1.82, 2.24) is 0 Å². The van der Waals surface area contributed by atoms with E-state index in [0.29, 0.717) is 4.46 Å². The molecule has 9 nitrogen and oxygen atoms in total. The second-order valence-electron chi connectivity index (χ2n) is 9.68. The summed E-state index contributed by atoms with van der Waals surface area (Å²) in [7, 11) is 0. The van der Waals surface area contributed by atoms with Gasteiger partial charge in [0.1, 0.15) is 0 Å². The van der Waals surface area contributed by atoms with Crippen LogP contribution >= 0.6 is 0 Å². The minimum atomic E-state index is -4.17. The van der Waals surface area contributed by atoms with Gasteiger partial charge in [-0.2, -0.15) is 0 Å². The Labute approximate surface area is 169 Å². The Kier molecular flexibility index (Phi) is 6.74. The quantitative estimate of drug-likeness (QED) is 0.209. The normalized spacial score (nSPS) is 15.3. The van der Waals surface area contributed by atoms with Crippen molar-refractivity contribution in [2.45, 2.75) is 78.6 Å². The fraction of sp³-hybridized carbons (Fsp3) is 0.667. The zero-order valence-corrected chi connectivity index (χ0v) is 19.8. The first kappa shape index (κ1) is 23.7. The van der Waals surface area contributed by atoms with Crippen LogP contribution in [0, 0.1) is 0 Å². The van der Waals surface area contributed by atoms with E-state index in [1.54, 1.807) is 0 Å². The van der Waals surface area contributed by atoms with Crippen LogP contribution in [0.15, 0.2) is 24.5 Å². The van der Waals surface area contributed by atoms with Gasteiger partial charge in [-0.1, -0.05) is 0 Å². The maximum atomic E-state index is 9.22. The molecule has 152 valence electrons. The number of nitrogens with zero attached hydrogens (tertiary/aromatic N) is 9. The molecule has 0 bridgehead atoms. The average molecular weight is 450 g/mol. The minimum absolute atomic E-state index is 0.125. The molecule has 0 saturated carbocycles. The predicted octanol–water partition coefficient (Wildman–Crippen LogP) is 6.66. The molecule has 0 amide bonds. The van der Waals surface area contributed by atoms with Gasteiger partial charge in [0.2, 0.25) is 0 Å². The molecular weight excluding hydrogens is 421 g/mol. The van der Waals surface area contributed by atoms with E-state index in [-0.39, 0.29) is 16.2 Å². The van der Waals surface area contributed by atoms with E-state index < -0.39 is 13.5 Å². The van der Waals surface area contributed by atoms with Gasteiger partial charge in [-0.3, -0.25) is 0 Å². The number of rotatable bonds is 4. The van der Waals surface area contributed by atoms with E-state index in [1.807, 2.05) is 41.5 Å². The molecule has 28 heavy (non-hydrogen) atoms. The zero-order chi connectivity index (χ0) is 22.0. The molecule has 0 spiro atoms. The summed E-state index contributed by atoms with van der Waals surface area (Å²) in [6.45, 7) is 18.6. The maximum absolute atomic E-state index is 9.22. The van der Waals surface area contributed by atoms with Gasteiger partial charge in [0.25, 0.3) is 0 Å². The first-order valence-corrected chi connectivity index (χ1v) is 12.0. The molecule has 0 radical (unpaired) electrons. The molecule has 0 atom stereocenters. The van der Waals surface area contributed by atoms with Gasteiger partial charge < -0.3 is 0 Å². The van der Waals surface area contributed by atoms with E-state index in [2.05, 4.69) is 60.0 Å². The molecule has 0 aliphatic heterocycles. The fourth-order valence-electron chi connectivity index (χ4n) is 2.80. The Balaban J connectivity index is 4.41. The van der Waals surface area contributed by atoms with Crippen molar-refractivity contribution in [3.8, 4) is 0 Å². The zero-order valence-electron chi connectivity index (χ0n) is 18.1. The monoisotopic (exact) mass is 451 g/mol. The van der Waals surface area contributed by atoms with Crippen molar-refractivity contribution >= 4 is 18.0 Å². The van der Waals surface area contributed by atoms with Gasteiger partial charge in [0.15, 0.2) is 0 Å². The molecule has 0 aliphatic carbocycles. The van der Waals surface area contributed by atoms with Gasteiger partial charge >= 0.3 is 169 Å². The van der Waals surface area contributed by atoms with Crippen molar-refractivity contribution in [1.29, 1.82) is 0 Å². The van der Waals surface area contributed by atoms with E-state index >= 15 is 0 Å². The Morgan fingerprint density at radius 2 is 0.964 bits per heavy atom. The van der Waals surface area contributed by atoms with Crippen molar-refractivity contribution in [3.63, 3.8) is 0 Å². The van der Waals surface area contributed by atoms with Crippen LogP contribution in [0.2, 0.25) is 0 Å². The van der Waals surface area contributed by atoms with Crippen LogP contribution in [-0.2, 0) is 16.2 Å². The van der Waals surface area contributed by atoms with Crippen LogP contribution in [0.3, 0.4) is 0 Å². The summed E-state index contributed by atoms with van der Waals surface area (Å²) in [6.07, 6.45) is 0. The summed E-state index contributed by atoms with van der Waals surface area (Å²) in [4.78, 5) is 8.71. The molecule has 1 aromatic rings. The molecule has 0 saturated heterocycles. The van der Waals surface area contributed by atoms with Crippen LogP contribution in [0.5, 0.6) is 0 Å². The fourth-order valence-corrected chi connectivity index (χ4v) is 6.93. The number of azide groups is 1. The Bertz CT molecular complexity index is 816. The first-order valence-electron chi connectivity index (χ1n) is 8.86. The van der Waals surface area contributed by atoms with Crippen molar-refractivity contribution in [3.05, 3.63) is 60.2 Å². The third-order valence-corrected chi connectivity index (χ3v) is 8.26. The van der Waals surface area contributed by atoms with Crippen LogP contribution in [-0.4, -0.2) is 13.5 Å². The van der Waals surface area contributed by atoms with Crippen molar-refractivity contribution in [2.75, 3.05) is 0 Å². The molecule has 10 heteroatoms. The summed E-state index contributed by atoms with van der Waals surface area (Å²) in [5, 5.41) is 0. The van der Waals surface area contributed by atoms with E-state index in [1.165, 1.54) is 0 Å². The van der Waals surface area contributed by atoms with E-state index in [0.717, 1.165) is 16.7 Å². The summed E-state index contributed by atoms with van der Waals surface area (Å²) in [6, 6.07) is 4.12. The molecule has 0 aliphatic rings. The molecule has 0 unspecified atom stereocenters. The molecule has 0 N–H and O–H groups in total. The topological polar surface area (TPSA) is 146 Å². The Morgan fingerprint density at radius 1 is 0.643 bits per heavy atom. The Morgan fingerprint density at radius 3 is 1.18 bits per heavy atom. The predicted molar refractivity (Wildman–Crippen MR) is 115 cm³/mol. The van der Waals surface area contributed by atoms with Crippen LogP contribution in [0.25, 0.3) is 31.3 Å². The third kappa shape index (κ3) is 4.93. The van der Waals surface area contributed by atoms with E-state index in [4.69, 9.17) is 0 Å². The first-order chi connectivity index (χ1) is 12.6. The number of hydrogen-bond acceptors (Lipinski definition) is 3. The average Bonchev–Trinajstić information content (AvgIpc) is 2.51. The number of hydrogen-bond donors (Lipinski definition) is 0. The summed E-state index contributed by atoms with van der Waals surface area (Å²) >= 11 is -4.17. The molecule has 1 rings (SSSR count).